The van der Waals surface area contributed by atoms with Gasteiger partial charge in [-0.05, 0) is 19.3 Å². The lowest BCUT2D eigenvalue weighted by Crippen LogP contribution is -2.45. The number of nitrogens with one attached hydrogen (secondary N) is 1. The number of carbonyl (C=O) groups is 1. The molecule has 0 spiro atoms. The lowest BCUT2D eigenvalue weighted by atomic mass is 10.0. The molecule has 0 saturated carbocycles. The predicted octanol–water partition coefficient (Wildman–Crippen LogP) is 9.78. The van der Waals surface area contributed by atoms with E-state index < -0.39 is 20.0 Å². The summed E-state index contributed by atoms with van der Waals surface area (Å²) in [5, 5.41) is 13.7. The molecule has 3 atom stereocenters. The van der Waals surface area contributed by atoms with Gasteiger partial charge in [-0.3, -0.25) is 9.36 Å². The highest BCUT2D eigenvalue weighted by Gasteiger charge is 2.23. The fraction of sp³-hybridized carbons (Fsp3) is 0.923. The monoisotopic (exact) mass is 703 g/mol. The van der Waals surface area contributed by atoms with Crippen LogP contribution in [-0.2, 0) is 18.4 Å². The van der Waals surface area contributed by atoms with Gasteiger partial charge in [0.15, 0.2) is 0 Å². The third-order valence-corrected chi connectivity index (χ3v) is 9.96. The number of quaternary nitrogens is 1. The number of hydrogen-bond acceptors (Lipinski definition) is 6. The molecule has 0 aliphatic carbocycles. The van der Waals surface area contributed by atoms with Crippen molar-refractivity contribution < 1.29 is 32.9 Å². The molecule has 0 fully saturated rings. The number of likely N-dealkylation sites (N-methyl/N-ethyl adjacent to an activating group) is 1. The quantitative estimate of drug-likeness (QED) is 0.0291. The number of carbonyl (C=O) groups excluding carboxylic acids is 1. The van der Waals surface area contributed by atoms with Crippen molar-refractivity contribution >= 4 is 13.7 Å². The normalized spacial score (nSPS) is 14.7. The van der Waals surface area contributed by atoms with E-state index in [4.69, 9.17) is 9.05 Å². The number of hydrogen-bond donors (Lipinski definition) is 2. The number of unbranched alkanes of at least 4 members (excludes halogenated alkanes) is 23. The first-order valence-corrected chi connectivity index (χ1v) is 21.5. The molecule has 9 heteroatoms. The van der Waals surface area contributed by atoms with Crippen LogP contribution >= 0.6 is 7.82 Å². The number of rotatable bonds is 36. The Morgan fingerprint density at radius 3 is 1.56 bits per heavy atom. The Labute approximate surface area is 297 Å². The summed E-state index contributed by atoms with van der Waals surface area (Å²) in [4.78, 5) is 25.1. The third-order valence-electron chi connectivity index (χ3n) is 9.00. The zero-order valence-electron chi connectivity index (χ0n) is 32.2. The minimum Gasteiger partial charge on any atom is -0.756 e. The lowest BCUT2D eigenvalue weighted by Gasteiger charge is -2.29. The fourth-order valence-electron chi connectivity index (χ4n) is 5.74. The van der Waals surface area contributed by atoms with Crippen LogP contribution in [0.4, 0.5) is 0 Å². The minimum absolute atomic E-state index is 0.00161. The SMILES string of the molecule is CCCCCCCCCC/C=C/[C@@H](O)[C@H](COP(=O)([O-])OCC[N+](C)(C)C)NC(=O)CCCCCCCCCCCCCCCCCC. The van der Waals surface area contributed by atoms with Crippen LogP contribution in [0.5, 0.6) is 0 Å². The van der Waals surface area contributed by atoms with Gasteiger partial charge in [-0.2, -0.15) is 0 Å². The summed E-state index contributed by atoms with van der Waals surface area (Å²) in [5.74, 6) is -0.198. The van der Waals surface area contributed by atoms with Crippen LogP contribution in [0, 0.1) is 0 Å². The first-order valence-electron chi connectivity index (χ1n) is 20.1. The van der Waals surface area contributed by atoms with Crippen molar-refractivity contribution in [3.8, 4) is 0 Å². The summed E-state index contributed by atoms with van der Waals surface area (Å²) >= 11 is 0. The molecule has 0 aromatic heterocycles. The van der Waals surface area contributed by atoms with Crippen LogP contribution in [0.15, 0.2) is 12.2 Å². The van der Waals surface area contributed by atoms with Crippen molar-refractivity contribution in [3.05, 3.63) is 12.2 Å². The molecule has 0 saturated heterocycles. The van der Waals surface area contributed by atoms with Gasteiger partial charge in [-0.25, -0.2) is 0 Å². The Morgan fingerprint density at radius 1 is 0.708 bits per heavy atom. The molecule has 0 radical (unpaired) electrons. The molecule has 8 nitrogen and oxygen atoms in total. The molecule has 2 N–H and O–H groups in total. The third kappa shape index (κ3) is 33.7. The Morgan fingerprint density at radius 2 is 1.12 bits per heavy atom. The van der Waals surface area contributed by atoms with Gasteiger partial charge in [0.05, 0.1) is 39.9 Å². The van der Waals surface area contributed by atoms with E-state index in [1.807, 2.05) is 27.2 Å². The summed E-state index contributed by atoms with van der Waals surface area (Å²) in [7, 11) is 1.27. The maximum atomic E-state index is 12.8. The number of phosphoric acid groups is 1. The van der Waals surface area contributed by atoms with Gasteiger partial charge in [0.2, 0.25) is 5.91 Å². The summed E-state index contributed by atoms with van der Waals surface area (Å²) in [6.07, 6.45) is 33.9. The molecule has 48 heavy (non-hydrogen) atoms. The Balaban J connectivity index is 4.41. The summed E-state index contributed by atoms with van der Waals surface area (Å²) < 4.78 is 23.1. The maximum Gasteiger partial charge on any atom is 0.268 e. The topological polar surface area (TPSA) is 108 Å². The fourth-order valence-corrected chi connectivity index (χ4v) is 6.46. The van der Waals surface area contributed by atoms with Crippen molar-refractivity contribution in [3.63, 3.8) is 0 Å². The van der Waals surface area contributed by atoms with Gasteiger partial charge >= 0.3 is 0 Å². The molecule has 0 rings (SSSR count). The number of nitrogens with zero attached hydrogens (tertiary/aromatic N) is 1. The second kappa shape index (κ2) is 32.2. The number of aliphatic hydroxyl groups is 1. The van der Waals surface area contributed by atoms with Gasteiger partial charge in [-0.15, -0.1) is 0 Å². The van der Waals surface area contributed by atoms with E-state index in [9.17, 15) is 19.4 Å². The molecule has 0 heterocycles. The maximum absolute atomic E-state index is 12.8. The Bertz CT molecular complexity index is 804. The smallest absolute Gasteiger partial charge is 0.268 e. The number of allylic oxidation sites excluding steroid dienone is 1. The summed E-state index contributed by atoms with van der Waals surface area (Å²) in [6, 6.07) is -0.877. The zero-order valence-corrected chi connectivity index (χ0v) is 33.1. The van der Waals surface area contributed by atoms with Crippen LogP contribution in [-0.4, -0.2) is 68.5 Å². The van der Waals surface area contributed by atoms with E-state index in [1.165, 1.54) is 122 Å². The average Bonchev–Trinajstić information content (AvgIpc) is 3.02. The highest BCUT2D eigenvalue weighted by Crippen LogP contribution is 2.38. The van der Waals surface area contributed by atoms with E-state index >= 15 is 0 Å². The van der Waals surface area contributed by atoms with Gasteiger partial charge in [0, 0.05) is 6.42 Å². The Kier molecular flexibility index (Phi) is 31.7. The van der Waals surface area contributed by atoms with Crippen molar-refractivity contribution in [1.29, 1.82) is 0 Å². The molecule has 1 amide bonds. The summed E-state index contributed by atoms with van der Waals surface area (Å²) in [5.41, 5.74) is 0. The van der Waals surface area contributed by atoms with Crippen molar-refractivity contribution in [2.45, 2.75) is 193 Å². The molecule has 0 aliphatic heterocycles. The average molecular weight is 703 g/mol. The highest BCUT2D eigenvalue weighted by atomic mass is 31.2. The van der Waals surface area contributed by atoms with E-state index in [2.05, 4.69) is 19.2 Å². The number of amides is 1. The van der Waals surface area contributed by atoms with Crippen LogP contribution in [0.25, 0.3) is 0 Å². The van der Waals surface area contributed by atoms with Crippen LogP contribution in [0.2, 0.25) is 0 Å². The van der Waals surface area contributed by atoms with Crippen molar-refractivity contribution in [2.75, 3.05) is 40.9 Å². The van der Waals surface area contributed by atoms with Crippen LogP contribution < -0.4 is 10.2 Å². The minimum atomic E-state index is -4.57. The van der Waals surface area contributed by atoms with E-state index in [1.54, 1.807) is 6.08 Å². The molecule has 0 aliphatic rings. The second-order valence-corrected chi connectivity index (χ2v) is 16.4. The standard InChI is InChI=1S/C39H79N2O6P/c1-6-8-10-12-14-16-18-19-20-21-22-23-25-27-29-31-33-39(43)40-37(36-47-48(44,45)46-35-34-41(3,4)5)38(42)32-30-28-26-24-17-15-13-11-9-7-2/h30,32,37-38,42H,6-29,31,33-36H2,1-5H3,(H-,40,43,44,45)/b32-30+/t37-,38+/m0/s1. The molecular formula is C39H79N2O6P. The van der Waals surface area contributed by atoms with E-state index in [-0.39, 0.29) is 19.1 Å². The van der Waals surface area contributed by atoms with E-state index in [0.717, 1.165) is 38.5 Å². The lowest BCUT2D eigenvalue weighted by molar-refractivity contribution is -0.870. The first-order chi connectivity index (χ1) is 23.0. The van der Waals surface area contributed by atoms with Crippen molar-refractivity contribution in [2.24, 2.45) is 0 Å². The largest absolute Gasteiger partial charge is 0.756 e. The van der Waals surface area contributed by atoms with Gasteiger partial charge < -0.3 is 28.8 Å². The molecular weight excluding hydrogens is 623 g/mol. The van der Waals surface area contributed by atoms with Gasteiger partial charge in [0.1, 0.15) is 13.2 Å². The summed E-state index contributed by atoms with van der Waals surface area (Å²) in [6.45, 7) is 4.62. The molecule has 286 valence electrons. The molecule has 0 bridgehead atoms. The molecule has 1 unspecified atom stereocenters. The van der Waals surface area contributed by atoms with E-state index in [0.29, 0.717) is 17.4 Å². The molecule has 0 aromatic rings. The Hall–Kier alpha value is -0.760. The van der Waals surface area contributed by atoms with Crippen LogP contribution in [0.1, 0.15) is 181 Å². The van der Waals surface area contributed by atoms with Gasteiger partial charge in [0.25, 0.3) is 7.82 Å². The van der Waals surface area contributed by atoms with Crippen LogP contribution in [0.3, 0.4) is 0 Å². The highest BCUT2D eigenvalue weighted by molar-refractivity contribution is 7.45. The first kappa shape index (κ1) is 47.2. The predicted molar refractivity (Wildman–Crippen MR) is 201 cm³/mol. The van der Waals surface area contributed by atoms with Crippen molar-refractivity contribution in [1.82, 2.24) is 5.32 Å². The number of phosphoric ester groups is 1. The van der Waals surface area contributed by atoms with Gasteiger partial charge in [-0.1, -0.05) is 167 Å². The molecule has 0 aromatic carbocycles. The number of aliphatic hydroxyl groups excluding tert-OH is 1. The second-order valence-electron chi connectivity index (χ2n) is 15.0. The zero-order chi connectivity index (χ0) is 35.8.